The van der Waals surface area contributed by atoms with Crippen LogP contribution in [0.2, 0.25) is 0 Å². The van der Waals surface area contributed by atoms with E-state index in [1.54, 1.807) is 0 Å². The lowest BCUT2D eigenvalue weighted by molar-refractivity contribution is 0.985. The largest absolute Gasteiger partial charge is 0.309 e. The van der Waals surface area contributed by atoms with Crippen LogP contribution in [0, 0.1) is 0 Å². The van der Waals surface area contributed by atoms with E-state index in [1.807, 2.05) is 6.20 Å². The average Bonchev–Trinajstić information content (AvgIpc) is 3.47. The van der Waals surface area contributed by atoms with Crippen molar-refractivity contribution >= 4 is 17.1 Å². The highest BCUT2D eigenvalue weighted by Crippen LogP contribution is 2.58. The van der Waals surface area contributed by atoms with E-state index in [1.165, 1.54) is 83.8 Å². The molecule has 0 spiro atoms. The van der Waals surface area contributed by atoms with Crippen molar-refractivity contribution in [3.63, 3.8) is 0 Å². The summed E-state index contributed by atoms with van der Waals surface area (Å²) in [4.78, 5) is 7.13. The molecule has 5 aromatic rings. The van der Waals surface area contributed by atoms with Crippen LogP contribution in [0.3, 0.4) is 0 Å². The van der Waals surface area contributed by atoms with Crippen LogP contribution in [-0.4, -0.2) is 4.98 Å². The molecule has 0 bridgehead atoms. The summed E-state index contributed by atoms with van der Waals surface area (Å²) in [6.07, 6.45) is 8.03. The zero-order valence-corrected chi connectivity index (χ0v) is 19.3. The van der Waals surface area contributed by atoms with E-state index in [-0.39, 0.29) is 0 Å². The summed E-state index contributed by atoms with van der Waals surface area (Å²) in [5.41, 5.74) is 21.4. The number of benzene rings is 4. The highest BCUT2D eigenvalue weighted by atomic mass is 15.2. The maximum Gasteiger partial charge on any atom is 0.0578 e. The third kappa shape index (κ3) is 2.23. The minimum atomic E-state index is 0.943. The molecule has 164 valence electrons. The molecule has 0 radical (unpaired) electrons. The predicted octanol–water partition coefficient (Wildman–Crippen LogP) is 7.50. The first kappa shape index (κ1) is 18.2. The molecule has 2 aliphatic carbocycles. The molecule has 35 heavy (non-hydrogen) atoms. The quantitative estimate of drug-likeness (QED) is 0.240. The van der Waals surface area contributed by atoms with E-state index < -0.39 is 0 Å². The van der Waals surface area contributed by atoms with Gasteiger partial charge in [0.15, 0.2) is 0 Å². The molecular formula is C33H22N2. The first-order chi connectivity index (χ1) is 17.3. The molecule has 0 atom stereocenters. The van der Waals surface area contributed by atoms with Gasteiger partial charge in [0.25, 0.3) is 0 Å². The van der Waals surface area contributed by atoms with Gasteiger partial charge in [0.1, 0.15) is 0 Å². The van der Waals surface area contributed by atoms with E-state index in [4.69, 9.17) is 0 Å². The summed E-state index contributed by atoms with van der Waals surface area (Å²) in [5, 5.41) is 0. The molecule has 4 aromatic carbocycles. The van der Waals surface area contributed by atoms with Crippen molar-refractivity contribution in [1.29, 1.82) is 0 Å². The Hall–Kier alpha value is -4.17. The molecule has 2 heteroatoms. The fraction of sp³-hybridized carbons (Fsp3) is 0.121. The van der Waals surface area contributed by atoms with Gasteiger partial charge in [0.05, 0.1) is 17.1 Å². The lowest BCUT2D eigenvalue weighted by Crippen LogP contribution is -2.26. The Bertz CT molecular complexity index is 1760. The fourth-order valence-corrected chi connectivity index (χ4v) is 7.17. The van der Waals surface area contributed by atoms with E-state index in [0.29, 0.717) is 0 Å². The van der Waals surface area contributed by atoms with E-state index in [9.17, 15) is 0 Å². The summed E-state index contributed by atoms with van der Waals surface area (Å²) in [7, 11) is 0. The molecule has 9 rings (SSSR count). The summed E-state index contributed by atoms with van der Waals surface area (Å²) < 4.78 is 0. The van der Waals surface area contributed by atoms with Crippen LogP contribution in [0.25, 0.3) is 22.3 Å². The number of rotatable bonds is 0. The van der Waals surface area contributed by atoms with Crippen molar-refractivity contribution < 1.29 is 0 Å². The van der Waals surface area contributed by atoms with Gasteiger partial charge in [-0.1, -0.05) is 60.7 Å². The van der Waals surface area contributed by atoms with Crippen LogP contribution in [0.4, 0.5) is 17.1 Å². The third-order valence-electron chi connectivity index (χ3n) is 8.60. The van der Waals surface area contributed by atoms with Crippen LogP contribution in [-0.2, 0) is 25.7 Å². The van der Waals surface area contributed by atoms with Gasteiger partial charge < -0.3 is 4.90 Å². The second kappa shape index (κ2) is 6.28. The molecule has 4 aliphatic rings. The SMILES string of the molecule is c1ccc2c(c1)Cc1c-2cc2c3c1Cc1ccc4c(c1N3c1ccncc1C2)-c1ccccc1C4. The van der Waals surface area contributed by atoms with Gasteiger partial charge in [-0.25, -0.2) is 0 Å². The average molecular weight is 447 g/mol. The van der Waals surface area contributed by atoms with Crippen LogP contribution in [0.5, 0.6) is 0 Å². The Morgan fingerprint density at radius 1 is 0.543 bits per heavy atom. The van der Waals surface area contributed by atoms with E-state index in [0.717, 1.165) is 25.7 Å². The van der Waals surface area contributed by atoms with Crippen molar-refractivity contribution in [3.8, 4) is 22.3 Å². The van der Waals surface area contributed by atoms with Gasteiger partial charge in [0, 0.05) is 30.8 Å². The smallest absolute Gasteiger partial charge is 0.0578 e. The number of anilines is 3. The van der Waals surface area contributed by atoms with Crippen LogP contribution in [0.15, 0.2) is 85.2 Å². The first-order valence-corrected chi connectivity index (χ1v) is 12.6. The lowest BCUT2D eigenvalue weighted by atomic mass is 9.81. The molecule has 0 saturated carbocycles. The molecule has 0 amide bonds. The minimum absolute atomic E-state index is 0.943. The summed E-state index contributed by atoms with van der Waals surface area (Å²) in [5.74, 6) is 0. The first-order valence-electron chi connectivity index (χ1n) is 12.6. The number of pyridine rings is 1. The normalized spacial score (nSPS) is 14.9. The van der Waals surface area contributed by atoms with Gasteiger partial charge in [-0.15, -0.1) is 0 Å². The molecule has 2 nitrogen and oxygen atoms in total. The van der Waals surface area contributed by atoms with Crippen molar-refractivity contribution in [2.24, 2.45) is 0 Å². The lowest BCUT2D eigenvalue weighted by Gasteiger charge is -2.41. The zero-order chi connectivity index (χ0) is 22.7. The van der Waals surface area contributed by atoms with Gasteiger partial charge in [-0.05, 0) is 86.2 Å². The second-order valence-electron chi connectivity index (χ2n) is 10.4. The Morgan fingerprint density at radius 2 is 1.29 bits per heavy atom. The van der Waals surface area contributed by atoms with Crippen molar-refractivity contribution in [3.05, 3.63) is 130 Å². The van der Waals surface area contributed by atoms with Gasteiger partial charge in [0.2, 0.25) is 0 Å². The molecule has 0 saturated heterocycles. The molecule has 0 fully saturated rings. The van der Waals surface area contributed by atoms with Crippen molar-refractivity contribution in [2.75, 3.05) is 4.90 Å². The maximum atomic E-state index is 4.53. The Kier molecular flexibility index (Phi) is 3.27. The highest BCUT2D eigenvalue weighted by Gasteiger charge is 2.38. The zero-order valence-electron chi connectivity index (χ0n) is 19.3. The van der Waals surface area contributed by atoms with Crippen LogP contribution in [0.1, 0.15) is 44.5 Å². The predicted molar refractivity (Wildman–Crippen MR) is 141 cm³/mol. The van der Waals surface area contributed by atoms with E-state index in [2.05, 4.69) is 88.9 Å². The maximum absolute atomic E-state index is 4.53. The van der Waals surface area contributed by atoms with Crippen molar-refractivity contribution in [1.82, 2.24) is 4.98 Å². The summed E-state index contributed by atoms with van der Waals surface area (Å²) >= 11 is 0. The van der Waals surface area contributed by atoms with Crippen LogP contribution >= 0.6 is 0 Å². The fourth-order valence-electron chi connectivity index (χ4n) is 7.17. The van der Waals surface area contributed by atoms with Crippen LogP contribution < -0.4 is 4.90 Å². The standard InChI is InChI=1S/C33H22N2/c1-3-7-25-20(6-1)15-28-27(25)17-23-14-24-18-34-12-11-30(24)35-32(23)29(28)16-22-10-9-21-13-19-5-2-4-8-26(19)31(21)33(22)35/h1-12,17-18H,13-16H2. The number of hydrogen-bond acceptors (Lipinski definition) is 2. The monoisotopic (exact) mass is 446 g/mol. The number of nitrogens with zero attached hydrogens (tertiary/aromatic N) is 2. The van der Waals surface area contributed by atoms with Gasteiger partial charge in [-0.2, -0.15) is 0 Å². The van der Waals surface area contributed by atoms with E-state index >= 15 is 0 Å². The molecule has 2 aliphatic heterocycles. The molecule has 1 aromatic heterocycles. The number of hydrogen-bond donors (Lipinski definition) is 0. The molecule has 0 N–H and O–H groups in total. The Labute approximate surface area is 204 Å². The molecule has 3 heterocycles. The summed E-state index contributed by atoms with van der Waals surface area (Å²) in [6.45, 7) is 0. The Morgan fingerprint density at radius 3 is 2.20 bits per heavy atom. The number of fused-ring (bicyclic) bond motifs is 12. The topological polar surface area (TPSA) is 16.1 Å². The second-order valence-corrected chi connectivity index (χ2v) is 10.4. The van der Waals surface area contributed by atoms with Crippen molar-refractivity contribution in [2.45, 2.75) is 25.7 Å². The highest BCUT2D eigenvalue weighted by molar-refractivity contribution is 6.00. The molecular weight excluding hydrogens is 424 g/mol. The minimum Gasteiger partial charge on any atom is -0.309 e. The Balaban J connectivity index is 1.38. The summed E-state index contributed by atoms with van der Waals surface area (Å²) in [6, 6.07) is 27.4. The van der Waals surface area contributed by atoms with Gasteiger partial charge >= 0.3 is 0 Å². The molecule has 0 unspecified atom stereocenters. The van der Waals surface area contributed by atoms with Gasteiger partial charge in [-0.3, -0.25) is 4.98 Å². The third-order valence-corrected chi connectivity index (χ3v) is 8.60. The number of aromatic nitrogens is 1.